The van der Waals surface area contributed by atoms with Crippen LogP contribution >= 0.6 is 11.3 Å². The first-order valence-electron chi connectivity index (χ1n) is 6.37. The van der Waals surface area contributed by atoms with Gasteiger partial charge in [0.2, 0.25) is 0 Å². The predicted octanol–water partition coefficient (Wildman–Crippen LogP) is 2.62. The zero-order valence-corrected chi connectivity index (χ0v) is 11.4. The fourth-order valence-corrected chi connectivity index (χ4v) is 3.25. The Morgan fingerprint density at radius 3 is 2.76 bits per heavy atom. The van der Waals surface area contributed by atoms with E-state index in [-0.39, 0.29) is 5.78 Å². The fraction of sp³-hybridized carbons (Fsp3) is 0.692. The minimum absolute atomic E-state index is 0.134. The Labute approximate surface area is 107 Å². The van der Waals surface area contributed by atoms with E-state index in [1.165, 1.54) is 32.5 Å². The zero-order valence-electron chi connectivity index (χ0n) is 10.6. The third-order valence-electron chi connectivity index (χ3n) is 3.52. The van der Waals surface area contributed by atoms with E-state index in [1.54, 1.807) is 24.5 Å². The molecule has 94 valence electrons. The number of Topliss-reactive ketones (excluding diaryl/α,β-unsaturated/α-hetero) is 1. The van der Waals surface area contributed by atoms with Crippen molar-refractivity contribution >= 4 is 17.1 Å². The summed E-state index contributed by atoms with van der Waals surface area (Å²) in [5, 5.41) is 1.13. The molecule has 0 amide bonds. The largest absolute Gasteiger partial charge is 0.304 e. The molecule has 0 atom stereocenters. The highest BCUT2D eigenvalue weighted by Crippen LogP contribution is 2.24. The van der Waals surface area contributed by atoms with E-state index in [2.05, 4.69) is 16.8 Å². The van der Waals surface area contributed by atoms with Gasteiger partial charge in [0.1, 0.15) is 0 Å². The lowest BCUT2D eigenvalue weighted by molar-refractivity contribution is 0.102. The van der Waals surface area contributed by atoms with Crippen molar-refractivity contribution < 1.29 is 4.79 Å². The van der Waals surface area contributed by atoms with Crippen LogP contribution in [-0.4, -0.2) is 35.3 Å². The van der Waals surface area contributed by atoms with E-state index in [0.29, 0.717) is 0 Å². The first kappa shape index (κ1) is 12.7. The number of carbonyl (C=O) groups excluding carboxylic acids is 1. The van der Waals surface area contributed by atoms with E-state index in [1.807, 2.05) is 0 Å². The fourth-order valence-electron chi connectivity index (χ4n) is 2.32. The maximum atomic E-state index is 11.2. The second-order valence-corrected chi connectivity index (χ2v) is 5.87. The number of carbonyl (C=O) groups is 1. The highest BCUT2D eigenvalue weighted by atomic mass is 32.1. The SMILES string of the molecule is CCN1CCC(Cc2ncc(C(C)=O)s2)CC1. The van der Waals surface area contributed by atoms with Crippen LogP contribution < -0.4 is 0 Å². The molecule has 17 heavy (non-hydrogen) atoms. The summed E-state index contributed by atoms with van der Waals surface area (Å²) < 4.78 is 0. The number of hydrogen-bond donors (Lipinski definition) is 0. The van der Waals surface area contributed by atoms with Gasteiger partial charge < -0.3 is 4.90 Å². The average Bonchev–Trinajstić information content (AvgIpc) is 2.79. The van der Waals surface area contributed by atoms with Crippen LogP contribution in [0.3, 0.4) is 0 Å². The first-order valence-corrected chi connectivity index (χ1v) is 7.18. The number of hydrogen-bond acceptors (Lipinski definition) is 4. The van der Waals surface area contributed by atoms with Gasteiger partial charge in [-0.05, 0) is 38.4 Å². The Balaban J connectivity index is 1.86. The van der Waals surface area contributed by atoms with Crippen molar-refractivity contribution in [3.63, 3.8) is 0 Å². The van der Waals surface area contributed by atoms with Crippen molar-refractivity contribution in [3.05, 3.63) is 16.1 Å². The number of rotatable bonds is 4. The molecule has 0 aliphatic carbocycles. The Hall–Kier alpha value is -0.740. The Bertz CT molecular complexity index is 381. The molecule has 0 radical (unpaired) electrons. The molecule has 1 aliphatic rings. The van der Waals surface area contributed by atoms with Crippen LogP contribution in [0.5, 0.6) is 0 Å². The summed E-state index contributed by atoms with van der Waals surface area (Å²) in [6.07, 6.45) is 5.31. The second-order valence-electron chi connectivity index (χ2n) is 4.76. The van der Waals surface area contributed by atoms with Crippen LogP contribution in [0.1, 0.15) is 41.4 Å². The van der Waals surface area contributed by atoms with Crippen LogP contribution in [0.4, 0.5) is 0 Å². The van der Waals surface area contributed by atoms with Crippen molar-refractivity contribution in [1.29, 1.82) is 0 Å². The monoisotopic (exact) mass is 252 g/mol. The molecule has 4 heteroatoms. The number of piperidine rings is 1. The summed E-state index contributed by atoms with van der Waals surface area (Å²) >= 11 is 1.57. The van der Waals surface area contributed by atoms with E-state index in [9.17, 15) is 4.79 Å². The molecule has 0 spiro atoms. The van der Waals surface area contributed by atoms with Crippen molar-refractivity contribution in [2.24, 2.45) is 5.92 Å². The Morgan fingerprint density at radius 2 is 2.24 bits per heavy atom. The van der Waals surface area contributed by atoms with Crippen LogP contribution in [0, 0.1) is 5.92 Å². The lowest BCUT2D eigenvalue weighted by atomic mass is 9.94. The Kier molecular flexibility index (Phi) is 4.29. The van der Waals surface area contributed by atoms with Crippen molar-refractivity contribution in [3.8, 4) is 0 Å². The molecule has 2 heterocycles. The van der Waals surface area contributed by atoms with Gasteiger partial charge in [0.05, 0.1) is 9.88 Å². The summed E-state index contributed by atoms with van der Waals surface area (Å²) in [4.78, 5) is 18.8. The summed E-state index contributed by atoms with van der Waals surface area (Å²) in [5.74, 6) is 0.887. The lowest BCUT2D eigenvalue weighted by Crippen LogP contribution is -2.33. The van der Waals surface area contributed by atoms with Crippen molar-refractivity contribution in [2.45, 2.75) is 33.1 Å². The lowest BCUT2D eigenvalue weighted by Gasteiger charge is -2.30. The van der Waals surface area contributed by atoms with Gasteiger partial charge in [-0.3, -0.25) is 4.79 Å². The van der Waals surface area contributed by atoms with Gasteiger partial charge in [0.25, 0.3) is 0 Å². The van der Waals surface area contributed by atoms with Gasteiger partial charge in [0.15, 0.2) is 5.78 Å². The molecule has 1 fully saturated rings. The van der Waals surface area contributed by atoms with E-state index in [4.69, 9.17) is 0 Å². The Morgan fingerprint density at radius 1 is 1.53 bits per heavy atom. The third kappa shape index (κ3) is 3.36. The highest BCUT2D eigenvalue weighted by Gasteiger charge is 2.19. The maximum Gasteiger partial charge on any atom is 0.171 e. The third-order valence-corrected chi connectivity index (χ3v) is 4.64. The molecule has 0 N–H and O–H groups in total. The molecule has 1 aromatic rings. The number of thiazole rings is 1. The van der Waals surface area contributed by atoms with Gasteiger partial charge >= 0.3 is 0 Å². The van der Waals surface area contributed by atoms with E-state index < -0.39 is 0 Å². The number of nitrogens with zero attached hydrogens (tertiary/aromatic N) is 2. The molecule has 1 aromatic heterocycles. The first-order chi connectivity index (χ1) is 8.19. The summed E-state index contributed by atoms with van der Waals surface area (Å²) in [7, 11) is 0. The van der Waals surface area contributed by atoms with Crippen LogP contribution in [0.25, 0.3) is 0 Å². The van der Waals surface area contributed by atoms with E-state index >= 15 is 0 Å². The molecule has 0 unspecified atom stereocenters. The van der Waals surface area contributed by atoms with Crippen molar-refractivity contribution in [1.82, 2.24) is 9.88 Å². The molecule has 1 saturated heterocycles. The molecule has 0 bridgehead atoms. The summed E-state index contributed by atoms with van der Waals surface area (Å²) in [6.45, 7) is 7.42. The summed E-state index contributed by atoms with van der Waals surface area (Å²) in [6, 6.07) is 0. The molecule has 3 nitrogen and oxygen atoms in total. The number of aromatic nitrogens is 1. The molecular formula is C13H20N2OS. The van der Waals surface area contributed by atoms with Crippen LogP contribution in [0.2, 0.25) is 0 Å². The summed E-state index contributed by atoms with van der Waals surface area (Å²) in [5.41, 5.74) is 0. The minimum Gasteiger partial charge on any atom is -0.304 e. The molecule has 2 rings (SSSR count). The number of likely N-dealkylation sites (tertiary alicyclic amines) is 1. The number of ketones is 1. The average molecular weight is 252 g/mol. The smallest absolute Gasteiger partial charge is 0.171 e. The minimum atomic E-state index is 0.134. The van der Waals surface area contributed by atoms with Crippen LogP contribution in [-0.2, 0) is 6.42 Å². The molecule has 0 saturated carbocycles. The quantitative estimate of drug-likeness (QED) is 0.772. The van der Waals surface area contributed by atoms with Gasteiger partial charge in [-0.25, -0.2) is 4.98 Å². The highest BCUT2D eigenvalue weighted by molar-refractivity contribution is 7.13. The standard InChI is InChI=1S/C13H20N2OS/c1-3-15-6-4-11(5-7-15)8-13-14-9-12(17-13)10(2)16/h9,11H,3-8H2,1-2H3. The van der Waals surface area contributed by atoms with Crippen LogP contribution in [0.15, 0.2) is 6.20 Å². The second kappa shape index (κ2) is 5.74. The van der Waals surface area contributed by atoms with Gasteiger partial charge in [-0.15, -0.1) is 11.3 Å². The van der Waals surface area contributed by atoms with Gasteiger partial charge in [-0.1, -0.05) is 6.92 Å². The normalized spacial score (nSPS) is 18.5. The topological polar surface area (TPSA) is 33.2 Å². The van der Waals surface area contributed by atoms with Gasteiger partial charge in [0, 0.05) is 19.5 Å². The van der Waals surface area contributed by atoms with Crippen molar-refractivity contribution in [2.75, 3.05) is 19.6 Å². The zero-order chi connectivity index (χ0) is 12.3. The maximum absolute atomic E-state index is 11.2. The molecule has 0 aromatic carbocycles. The molecular weight excluding hydrogens is 232 g/mol. The predicted molar refractivity (Wildman–Crippen MR) is 70.7 cm³/mol. The van der Waals surface area contributed by atoms with Gasteiger partial charge in [-0.2, -0.15) is 0 Å². The van der Waals surface area contributed by atoms with E-state index in [0.717, 1.165) is 22.2 Å². The molecule has 1 aliphatic heterocycles.